The molecule has 21 heavy (non-hydrogen) atoms. The van der Waals surface area contributed by atoms with Crippen LogP contribution in [-0.2, 0) is 19.4 Å². The van der Waals surface area contributed by atoms with Crippen LogP contribution in [0.15, 0.2) is 48.5 Å². The fourth-order valence-electron chi connectivity index (χ4n) is 2.79. The van der Waals surface area contributed by atoms with Crippen molar-refractivity contribution in [3.05, 3.63) is 59.9 Å². The van der Waals surface area contributed by atoms with Crippen LogP contribution in [0.1, 0.15) is 24.7 Å². The van der Waals surface area contributed by atoms with Gasteiger partial charge in [0, 0.05) is 18.7 Å². The second-order valence-corrected chi connectivity index (χ2v) is 5.41. The van der Waals surface area contributed by atoms with Crippen molar-refractivity contribution in [3.63, 3.8) is 0 Å². The normalized spacial score (nSPS) is 11.1. The van der Waals surface area contributed by atoms with Crippen LogP contribution in [0.25, 0.3) is 11.0 Å². The van der Waals surface area contributed by atoms with Crippen LogP contribution in [0.5, 0.6) is 0 Å². The first-order valence-corrected chi connectivity index (χ1v) is 7.56. The first-order valence-electron chi connectivity index (χ1n) is 7.56. The quantitative estimate of drug-likeness (QED) is 0.722. The maximum atomic E-state index is 5.85. The van der Waals surface area contributed by atoms with Crippen molar-refractivity contribution in [2.24, 2.45) is 0 Å². The van der Waals surface area contributed by atoms with E-state index in [4.69, 9.17) is 10.7 Å². The number of nitrogens with zero attached hydrogens (tertiary/aromatic N) is 2. The van der Waals surface area contributed by atoms with E-state index >= 15 is 0 Å². The number of aryl methyl sites for hydroxylation is 3. The number of benzene rings is 2. The first kappa shape index (κ1) is 13.7. The summed E-state index contributed by atoms with van der Waals surface area (Å²) < 4.78 is 2.35. The average molecular weight is 279 g/mol. The van der Waals surface area contributed by atoms with Gasteiger partial charge >= 0.3 is 0 Å². The molecule has 3 aromatic rings. The van der Waals surface area contributed by atoms with Crippen LogP contribution in [0, 0.1) is 0 Å². The minimum Gasteiger partial charge on any atom is -0.399 e. The number of para-hydroxylation sites is 2. The van der Waals surface area contributed by atoms with Crippen LogP contribution >= 0.6 is 0 Å². The third-order valence-electron chi connectivity index (χ3n) is 3.77. The fourth-order valence-corrected chi connectivity index (χ4v) is 2.79. The standard InChI is InChI=1S/C18H21N3/c1-2-12-21-17-9-4-3-8-16(17)20-18(21)11-10-14-6-5-7-15(19)13-14/h3-9,13H,2,10-12,19H2,1H3. The van der Waals surface area contributed by atoms with Crippen molar-refractivity contribution in [2.75, 3.05) is 5.73 Å². The summed E-state index contributed by atoms with van der Waals surface area (Å²) in [6.45, 7) is 3.23. The predicted molar refractivity (Wildman–Crippen MR) is 88.3 cm³/mol. The maximum absolute atomic E-state index is 5.85. The molecule has 0 fully saturated rings. The minimum absolute atomic E-state index is 0.828. The summed E-state index contributed by atoms with van der Waals surface area (Å²) in [5.74, 6) is 1.17. The highest BCUT2D eigenvalue weighted by Gasteiger charge is 2.09. The fraction of sp³-hybridized carbons (Fsp3) is 0.278. The minimum atomic E-state index is 0.828. The van der Waals surface area contributed by atoms with E-state index < -0.39 is 0 Å². The lowest BCUT2D eigenvalue weighted by Gasteiger charge is -2.08. The lowest BCUT2D eigenvalue weighted by molar-refractivity contribution is 0.650. The Labute approximate surface area is 125 Å². The van der Waals surface area contributed by atoms with E-state index in [0.29, 0.717) is 0 Å². The number of aromatic nitrogens is 2. The molecule has 0 bridgehead atoms. The van der Waals surface area contributed by atoms with E-state index in [-0.39, 0.29) is 0 Å². The highest BCUT2D eigenvalue weighted by atomic mass is 15.1. The van der Waals surface area contributed by atoms with E-state index in [1.165, 1.54) is 16.9 Å². The third kappa shape index (κ3) is 2.92. The second-order valence-electron chi connectivity index (χ2n) is 5.41. The molecule has 3 rings (SSSR count). The number of fused-ring (bicyclic) bond motifs is 1. The first-order chi connectivity index (χ1) is 10.3. The van der Waals surface area contributed by atoms with E-state index in [0.717, 1.165) is 37.0 Å². The number of rotatable bonds is 5. The van der Waals surface area contributed by atoms with E-state index in [9.17, 15) is 0 Å². The van der Waals surface area contributed by atoms with Gasteiger partial charge in [-0.05, 0) is 42.7 Å². The Hall–Kier alpha value is -2.29. The molecule has 0 spiro atoms. The number of anilines is 1. The molecule has 0 saturated heterocycles. The van der Waals surface area contributed by atoms with E-state index in [2.05, 4.69) is 35.8 Å². The predicted octanol–water partition coefficient (Wildman–Crippen LogP) is 3.81. The lowest BCUT2D eigenvalue weighted by Crippen LogP contribution is -2.05. The summed E-state index contributed by atoms with van der Waals surface area (Å²) in [6, 6.07) is 16.5. The molecular formula is C18H21N3. The number of hydrogen-bond donors (Lipinski definition) is 1. The van der Waals surface area contributed by atoms with Gasteiger partial charge in [0.05, 0.1) is 11.0 Å². The SMILES string of the molecule is CCCn1c(CCc2cccc(N)c2)nc2ccccc21. The zero-order valence-electron chi connectivity index (χ0n) is 12.4. The molecule has 2 aromatic carbocycles. The van der Waals surface area contributed by atoms with E-state index in [1.807, 2.05) is 24.3 Å². The molecule has 108 valence electrons. The molecule has 0 saturated carbocycles. The van der Waals surface area contributed by atoms with Gasteiger partial charge in [0.25, 0.3) is 0 Å². The zero-order chi connectivity index (χ0) is 14.7. The summed E-state index contributed by atoms with van der Waals surface area (Å²) in [6.07, 6.45) is 3.03. The molecule has 0 aliphatic carbocycles. The van der Waals surface area contributed by atoms with Gasteiger partial charge in [-0.1, -0.05) is 31.2 Å². The Bertz CT molecular complexity index is 743. The van der Waals surface area contributed by atoms with Gasteiger partial charge in [0.1, 0.15) is 5.82 Å². The van der Waals surface area contributed by atoms with Crippen molar-refractivity contribution < 1.29 is 0 Å². The molecule has 1 aromatic heterocycles. The van der Waals surface area contributed by atoms with Crippen LogP contribution < -0.4 is 5.73 Å². The molecule has 0 unspecified atom stereocenters. The highest BCUT2D eigenvalue weighted by molar-refractivity contribution is 5.75. The largest absolute Gasteiger partial charge is 0.399 e. The third-order valence-corrected chi connectivity index (χ3v) is 3.77. The van der Waals surface area contributed by atoms with Gasteiger partial charge in [-0.2, -0.15) is 0 Å². The zero-order valence-corrected chi connectivity index (χ0v) is 12.4. The molecule has 0 atom stereocenters. The summed E-state index contributed by atoms with van der Waals surface area (Å²) >= 11 is 0. The lowest BCUT2D eigenvalue weighted by atomic mass is 10.1. The van der Waals surface area contributed by atoms with Crippen LogP contribution in [-0.4, -0.2) is 9.55 Å². The number of imidazole rings is 1. The van der Waals surface area contributed by atoms with Crippen molar-refractivity contribution in [1.29, 1.82) is 0 Å². The molecule has 3 heteroatoms. The van der Waals surface area contributed by atoms with Gasteiger partial charge in [0.2, 0.25) is 0 Å². The van der Waals surface area contributed by atoms with E-state index in [1.54, 1.807) is 0 Å². The Morgan fingerprint density at radius 2 is 1.90 bits per heavy atom. The molecule has 1 heterocycles. The second kappa shape index (κ2) is 6.00. The van der Waals surface area contributed by atoms with Gasteiger partial charge < -0.3 is 10.3 Å². The number of hydrogen-bond acceptors (Lipinski definition) is 2. The Morgan fingerprint density at radius 1 is 1.05 bits per heavy atom. The van der Waals surface area contributed by atoms with Crippen molar-refractivity contribution >= 4 is 16.7 Å². The Balaban J connectivity index is 1.87. The summed E-state index contributed by atoms with van der Waals surface area (Å²) in [4.78, 5) is 4.80. The molecule has 3 nitrogen and oxygen atoms in total. The molecular weight excluding hydrogens is 258 g/mol. The van der Waals surface area contributed by atoms with Crippen molar-refractivity contribution in [3.8, 4) is 0 Å². The molecule has 0 amide bonds. The molecule has 2 N–H and O–H groups in total. The van der Waals surface area contributed by atoms with Crippen LogP contribution in [0.4, 0.5) is 5.69 Å². The van der Waals surface area contributed by atoms with Crippen molar-refractivity contribution in [2.45, 2.75) is 32.7 Å². The average Bonchev–Trinajstić information content (AvgIpc) is 2.84. The summed E-state index contributed by atoms with van der Waals surface area (Å²) in [5.41, 5.74) is 10.3. The highest BCUT2D eigenvalue weighted by Crippen LogP contribution is 2.18. The summed E-state index contributed by atoms with van der Waals surface area (Å²) in [5, 5.41) is 0. The number of nitrogens with two attached hydrogens (primary N) is 1. The van der Waals surface area contributed by atoms with Gasteiger partial charge in [-0.15, -0.1) is 0 Å². The Kier molecular flexibility index (Phi) is 3.91. The van der Waals surface area contributed by atoms with Gasteiger partial charge in [0.15, 0.2) is 0 Å². The van der Waals surface area contributed by atoms with Crippen LogP contribution in [0.2, 0.25) is 0 Å². The molecule has 0 aliphatic rings. The monoisotopic (exact) mass is 279 g/mol. The Morgan fingerprint density at radius 3 is 2.71 bits per heavy atom. The molecule has 0 radical (unpaired) electrons. The smallest absolute Gasteiger partial charge is 0.110 e. The van der Waals surface area contributed by atoms with Crippen LogP contribution in [0.3, 0.4) is 0 Å². The maximum Gasteiger partial charge on any atom is 0.110 e. The number of nitrogen functional groups attached to an aromatic ring is 1. The van der Waals surface area contributed by atoms with Gasteiger partial charge in [-0.3, -0.25) is 0 Å². The van der Waals surface area contributed by atoms with Crippen molar-refractivity contribution in [1.82, 2.24) is 9.55 Å². The van der Waals surface area contributed by atoms with Gasteiger partial charge in [-0.25, -0.2) is 4.98 Å². The summed E-state index contributed by atoms with van der Waals surface area (Å²) in [7, 11) is 0. The topological polar surface area (TPSA) is 43.8 Å². The molecule has 0 aliphatic heterocycles.